The van der Waals surface area contributed by atoms with Crippen LogP contribution in [0.4, 0.5) is 4.39 Å². The summed E-state index contributed by atoms with van der Waals surface area (Å²) < 4.78 is 13.1. The van der Waals surface area contributed by atoms with Gasteiger partial charge < -0.3 is 10.3 Å². The minimum atomic E-state index is -0.204. The van der Waals surface area contributed by atoms with Gasteiger partial charge in [0, 0.05) is 19.0 Å². The standard InChI is InChI=1S/C20H24FN5/c1-12-7-17-18(8-13(12)2)25-19(24-17)11-22-9-15-10-23-26-20(15)14-3-5-16(21)6-4-14/h3-8,15,20,22-23,26H,9-11H2,1-2H3,(H,24,25). The first kappa shape index (κ1) is 17.1. The Balaban J connectivity index is 1.38. The van der Waals surface area contributed by atoms with Crippen LogP contribution < -0.4 is 16.2 Å². The van der Waals surface area contributed by atoms with Crippen LogP contribution in [-0.2, 0) is 6.54 Å². The van der Waals surface area contributed by atoms with Gasteiger partial charge in [0.05, 0.1) is 23.6 Å². The Bertz CT molecular complexity index is 863. The lowest BCUT2D eigenvalue weighted by atomic mass is 9.95. The van der Waals surface area contributed by atoms with Gasteiger partial charge in [-0.15, -0.1) is 0 Å². The molecule has 0 aliphatic carbocycles. The van der Waals surface area contributed by atoms with Crippen molar-refractivity contribution in [2.24, 2.45) is 5.92 Å². The van der Waals surface area contributed by atoms with E-state index in [1.807, 2.05) is 12.1 Å². The lowest BCUT2D eigenvalue weighted by Gasteiger charge is -2.19. The molecule has 2 atom stereocenters. The van der Waals surface area contributed by atoms with Crippen LogP contribution in [0.25, 0.3) is 11.0 Å². The summed E-state index contributed by atoms with van der Waals surface area (Å²) in [6, 6.07) is 11.2. The predicted molar refractivity (Wildman–Crippen MR) is 101 cm³/mol. The van der Waals surface area contributed by atoms with Gasteiger partial charge in [-0.3, -0.25) is 5.43 Å². The molecule has 6 heteroatoms. The minimum absolute atomic E-state index is 0.170. The summed E-state index contributed by atoms with van der Waals surface area (Å²) in [6.45, 7) is 6.63. The molecular weight excluding hydrogens is 329 g/mol. The molecule has 1 aliphatic rings. The first-order valence-corrected chi connectivity index (χ1v) is 9.00. The maximum absolute atomic E-state index is 13.1. The smallest absolute Gasteiger partial charge is 0.123 e. The lowest BCUT2D eigenvalue weighted by Crippen LogP contribution is -2.28. The van der Waals surface area contributed by atoms with Crippen molar-refractivity contribution in [3.8, 4) is 0 Å². The Morgan fingerprint density at radius 2 is 1.92 bits per heavy atom. The number of fused-ring (bicyclic) bond motifs is 1. The number of halogens is 1. The number of aryl methyl sites for hydroxylation is 2. The van der Waals surface area contributed by atoms with Crippen LogP contribution in [0.2, 0.25) is 0 Å². The van der Waals surface area contributed by atoms with Gasteiger partial charge in [-0.25, -0.2) is 14.8 Å². The number of hydrogen-bond acceptors (Lipinski definition) is 4. The Morgan fingerprint density at radius 1 is 1.15 bits per heavy atom. The summed E-state index contributed by atoms with van der Waals surface area (Å²) in [5.74, 6) is 1.13. The molecule has 26 heavy (non-hydrogen) atoms. The molecular formula is C20H24FN5. The van der Waals surface area contributed by atoms with Crippen molar-refractivity contribution < 1.29 is 4.39 Å². The number of imidazole rings is 1. The topological polar surface area (TPSA) is 64.8 Å². The molecule has 1 aromatic heterocycles. The van der Waals surface area contributed by atoms with Crippen LogP contribution in [-0.4, -0.2) is 23.1 Å². The number of H-pyrrole nitrogens is 1. The fraction of sp³-hybridized carbons (Fsp3) is 0.350. The number of hydrazine groups is 1. The van der Waals surface area contributed by atoms with E-state index in [4.69, 9.17) is 0 Å². The molecule has 2 heterocycles. The van der Waals surface area contributed by atoms with Gasteiger partial charge in [-0.05, 0) is 54.8 Å². The zero-order chi connectivity index (χ0) is 18.1. The van der Waals surface area contributed by atoms with Gasteiger partial charge in [0.15, 0.2) is 0 Å². The number of nitrogens with zero attached hydrogens (tertiary/aromatic N) is 1. The SMILES string of the molecule is Cc1cc2nc(CNCC3CNNC3c3ccc(F)cc3)[nH]c2cc1C. The third-order valence-electron chi connectivity index (χ3n) is 5.17. The van der Waals surface area contributed by atoms with Crippen molar-refractivity contribution in [2.45, 2.75) is 26.4 Å². The second kappa shape index (κ2) is 7.15. The molecule has 2 unspecified atom stereocenters. The number of nitrogens with one attached hydrogen (secondary N) is 4. The zero-order valence-electron chi connectivity index (χ0n) is 15.1. The highest BCUT2D eigenvalue weighted by molar-refractivity contribution is 5.77. The van der Waals surface area contributed by atoms with Crippen LogP contribution in [0.3, 0.4) is 0 Å². The van der Waals surface area contributed by atoms with Crippen LogP contribution in [0.5, 0.6) is 0 Å². The number of benzene rings is 2. The maximum Gasteiger partial charge on any atom is 0.123 e. The van der Waals surface area contributed by atoms with Gasteiger partial charge in [-0.2, -0.15) is 0 Å². The molecule has 1 aliphatic heterocycles. The highest BCUT2D eigenvalue weighted by atomic mass is 19.1. The minimum Gasteiger partial charge on any atom is -0.341 e. The molecule has 1 fully saturated rings. The number of aromatic nitrogens is 2. The van der Waals surface area contributed by atoms with Crippen molar-refractivity contribution in [2.75, 3.05) is 13.1 Å². The Morgan fingerprint density at radius 3 is 2.73 bits per heavy atom. The van der Waals surface area contributed by atoms with Crippen molar-refractivity contribution in [1.29, 1.82) is 0 Å². The third kappa shape index (κ3) is 3.49. The molecule has 0 amide bonds. The molecule has 4 rings (SSSR count). The quantitative estimate of drug-likeness (QED) is 0.570. The lowest BCUT2D eigenvalue weighted by molar-refractivity contribution is 0.439. The number of rotatable bonds is 5. The van der Waals surface area contributed by atoms with E-state index < -0.39 is 0 Å². The fourth-order valence-electron chi connectivity index (χ4n) is 3.53. The summed E-state index contributed by atoms with van der Waals surface area (Å²) in [6.07, 6.45) is 0. The summed E-state index contributed by atoms with van der Waals surface area (Å²) in [5.41, 5.74) is 12.2. The molecule has 0 saturated carbocycles. The van der Waals surface area contributed by atoms with Crippen LogP contribution in [0, 0.1) is 25.6 Å². The summed E-state index contributed by atoms with van der Waals surface area (Å²) in [7, 11) is 0. The Kier molecular flexibility index (Phi) is 4.72. The predicted octanol–water partition coefficient (Wildman–Crippen LogP) is 2.87. The van der Waals surface area contributed by atoms with Gasteiger partial charge in [-0.1, -0.05) is 12.1 Å². The van der Waals surface area contributed by atoms with Gasteiger partial charge in [0.2, 0.25) is 0 Å². The monoisotopic (exact) mass is 353 g/mol. The van der Waals surface area contributed by atoms with Crippen LogP contribution >= 0.6 is 0 Å². The molecule has 2 aromatic carbocycles. The van der Waals surface area contributed by atoms with Crippen LogP contribution in [0.15, 0.2) is 36.4 Å². The first-order valence-electron chi connectivity index (χ1n) is 9.00. The van der Waals surface area contributed by atoms with Crippen LogP contribution in [0.1, 0.15) is 28.6 Å². The molecule has 0 spiro atoms. The van der Waals surface area contributed by atoms with Crippen molar-refractivity contribution in [3.05, 3.63) is 64.7 Å². The maximum atomic E-state index is 13.1. The molecule has 136 valence electrons. The largest absolute Gasteiger partial charge is 0.341 e. The van der Waals surface area contributed by atoms with E-state index in [9.17, 15) is 4.39 Å². The van der Waals surface area contributed by atoms with Gasteiger partial charge >= 0.3 is 0 Å². The Hall–Kier alpha value is -2.28. The molecule has 0 radical (unpaired) electrons. The average Bonchev–Trinajstić information content (AvgIpc) is 3.23. The summed E-state index contributed by atoms with van der Waals surface area (Å²) in [4.78, 5) is 8.07. The Labute approximate surface area is 152 Å². The molecule has 0 bridgehead atoms. The normalized spacial score (nSPS) is 20.1. The van der Waals surface area contributed by atoms with Crippen molar-refractivity contribution >= 4 is 11.0 Å². The first-order chi connectivity index (χ1) is 12.6. The second-order valence-corrected chi connectivity index (χ2v) is 7.08. The van der Waals surface area contributed by atoms with E-state index in [0.29, 0.717) is 12.5 Å². The van der Waals surface area contributed by atoms with Gasteiger partial charge in [0.1, 0.15) is 11.6 Å². The van der Waals surface area contributed by atoms with Crippen molar-refractivity contribution in [1.82, 2.24) is 26.1 Å². The van der Waals surface area contributed by atoms with E-state index in [2.05, 4.69) is 52.1 Å². The molecule has 5 nitrogen and oxygen atoms in total. The highest BCUT2D eigenvalue weighted by Crippen LogP contribution is 2.24. The van der Waals surface area contributed by atoms with E-state index in [0.717, 1.165) is 35.5 Å². The number of aromatic amines is 1. The highest BCUT2D eigenvalue weighted by Gasteiger charge is 2.27. The third-order valence-corrected chi connectivity index (χ3v) is 5.17. The van der Waals surface area contributed by atoms with E-state index in [1.165, 1.54) is 23.3 Å². The second-order valence-electron chi connectivity index (χ2n) is 7.08. The fourth-order valence-corrected chi connectivity index (χ4v) is 3.53. The number of hydrogen-bond donors (Lipinski definition) is 4. The summed E-state index contributed by atoms with van der Waals surface area (Å²) >= 11 is 0. The van der Waals surface area contributed by atoms with E-state index in [-0.39, 0.29) is 11.9 Å². The van der Waals surface area contributed by atoms with E-state index in [1.54, 1.807) is 0 Å². The van der Waals surface area contributed by atoms with E-state index >= 15 is 0 Å². The molecule has 3 aromatic rings. The zero-order valence-corrected chi connectivity index (χ0v) is 15.1. The average molecular weight is 353 g/mol. The molecule has 4 N–H and O–H groups in total. The molecule has 1 saturated heterocycles. The summed E-state index contributed by atoms with van der Waals surface area (Å²) in [5, 5.41) is 3.50. The van der Waals surface area contributed by atoms with Crippen molar-refractivity contribution in [3.63, 3.8) is 0 Å². The van der Waals surface area contributed by atoms with Gasteiger partial charge in [0.25, 0.3) is 0 Å².